The molecule has 4 rings (SSSR count). The topological polar surface area (TPSA) is 22.0 Å². The van der Waals surface area contributed by atoms with Gasteiger partial charge in [-0.05, 0) is 31.0 Å². The number of hydrogen-bond acceptors (Lipinski definition) is 2. The molecule has 0 aliphatic rings. The molecule has 3 heteroatoms. The summed E-state index contributed by atoms with van der Waals surface area (Å²) in [5.74, 6) is 0. The van der Waals surface area contributed by atoms with Crippen LogP contribution in [0, 0.1) is 13.8 Å². The number of benzene rings is 2. The lowest BCUT2D eigenvalue weighted by Crippen LogP contribution is -2.04. The van der Waals surface area contributed by atoms with Crippen LogP contribution in [-0.2, 0) is 6.54 Å². The first-order chi connectivity index (χ1) is 11.2. The molecular formula is C20H17NOS. The van der Waals surface area contributed by atoms with Gasteiger partial charge >= 0.3 is 0 Å². The molecule has 0 bridgehead atoms. The molecule has 0 spiro atoms. The van der Waals surface area contributed by atoms with Crippen molar-refractivity contribution < 1.29 is 0 Å². The van der Waals surface area contributed by atoms with Gasteiger partial charge in [0.2, 0.25) is 4.74 Å². The van der Waals surface area contributed by atoms with E-state index in [4.69, 9.17) is 0 Å². The van der Waals surface area contributed by atoms with Crippen LogP contribution in [0.3, 0.4) is 0 Å². The Bertz CT molecular complexity index is 1070. The molecule has 0 N–H and O–H groups in total. The van der Waals surface area contributed by atoms with Gasteiger partial charge in [-0.15, -0.1) is 0 Å². The second-order valence-electron chi connectivity index (χ2n) is 5.91. The predicted octanol–water partition coefficient (Wildman–Crippen LogP) is 4.88. The van der Waals surface area contributed by atoms with E-state index in [1.165, 1.54) is 33.2 Å². The summed E-state index contributed by atoms with van der Waals surface area (Å²) in [7, 11) is 0. The summed E-state index contributed by atoms with van der Waals surface area (Å²) in [4.78, 5) is 13.4. The first-order valence-corrected chi connectivity index (χ1v) is 8.53. The molecule has 4 aromatic rings. The van der Waals surface area contributed by atoms with Crippen molar-refractivity contribution in [3.63, 3.8) is 0 Å². The Morgan fingerprint density at radius 1 is 0.913 bits per heavy atom. The number of fused-ring (bicyclic) bond motifs is 3. The minimum absolute atomic E-state index is 0.159. The van der Waals surface area contributed by atoms with E-state index >= 15 is 0 Å². The number of para-hydroxylation sites is 1. The van der Waals surface area contributed by atoms with E-state index in [9.17, 15) is 4.79 Å². The van der Waals surface area contributed by atoms with Crippen LogP contribution in [-0.4, -0.2) is 4.57 Å². The Morgan fingerprint density at radius 2 is 1.61 bits per heavy atom. The van der Waals surface area contributed by atoms with E-state index in [0.717, 1.165) is 22.5 Å². The third-order valence-corrected chi connectivity index (χ3v) is 5.65. The molecule has 0 radical (unpaired) electrons. The third-order valence-electron chi connectivity index (χ3n) is 4.54. The number of hydrogen-bond donors (Lipinski definition) is 0. The normalized spacial score (nSPS) is 11.4. The summed E-state index contributed by atoms with van der Waals surface area (Å²) >= 11 is 1.36. The van der Waals surface area contributed by atoms with Crippen molar-refractivity contribution >= 4 is 32.5 Å². The lowest BCUT2D eigenvalue weighted by molar-refractivity contribution is 0.874. The average molecular weight is 319 g/mol. The van der Waals surface area contributed by atoms with Crippen LogP contribution in [0.5, 0.6) is 0 Å². The fourth-order valence-electron chi connectivity index (χ4n) is 3.18. The van der Waals surface area contributed by atoms with Crippen molar-refractivity contribution in [1.82, 2.24) is 4.57 Å². The molecule has 0 aliphatic heterocycles. The highest BCUT2D eigenvalue weighted by atomic mass is 32.1. The SMILES string of the molecule is Cc1c(C)c2c3ccccc3n(Cc3ccccc3)c2sc1=O. The number of aryl methyl sites for hydroxylation is 1. The van der Waals surface area contributed by atoms with Gasteiger partial charge in [0.1, 0.15) is 4.83 Å². The van der Waals surface area contributed by atoms with Crippen molar-refractivity contribution in [1.29, 1.82) is 0 Å². The maximum absolute atomic E-state index is 12.3. The molecule has 0 aliphatic carbocycles. The number of nitrogens with zero attached hydrogens (tertiary/aromatic N) is 1. The molecule has 2 heterocycles. The molecule has 2 nitrogen and oxygen atoms in total. The Kier molecular flexibility index (Phi) is 3.31. The molecular weight excluding hydrogens is 302 g/mol. The van der Waals surface area contributed by atoms with Crippen molar-refractivity contribution in [2.24, 2.45) is 0 Å². The zero-order valence-corrected chi connectivity index (χ0v) is 14.0. The van der Waals surface area contributed by atoms with Gasteiger partial charge in [-0.3, -0.25) is 4.79 Å². The summed E-state index contributed by atoms with van der Waals surface area (Å²) in [6, 6.07) is 18.8. The van der Waals surface area contributed by atoms with Crippen LogP contribution in [0.15, 0.2) is 59.4 Å². The lowest BCUT2D eigenvalue weighted by Gasteiger charge is -2.07. The second-order valence-corrected chi connectivity index (χ2v) is 6.87. The van der Waals surface area contributed by atoms with Crippen molar-refractivity contribution in [2.45, 2.75) is 20.4 Å². The van der Waals surface area contributed by atoms with Gasteiger partial charge in [0.25, 0.3) is 0 Å². The van der Waals surface area contributed by atoms with Gasteiger partial charge < -0.3 is 4.57 Å². The maximum Gasteiger partial charge on any atom is 0.237 e. The number of aromatic nitrogens is 1. The first kappa shape index (κ1) is 14.2. The van der Waals surface area contributed by atoms with Gasteiger partial charge in [-0.2, -0.15) is 0 Å². The molecule has 0 unspecified atom stereocenters. The summed E-state index contributed by atoms with van der Waals surface area (Å²) < 4.78 is 2.44. The van der Waals surface area contributed by atoms with Crippen LogP contribution in [0.2, 0.25) is 0 Å². The highest BCUT2D eigenvalue weighted by Crippen LogP contribution is 2.34. The minimum Gasteiger partial charge on any atom is -0.328 e. The fraction of sp³-hybridized carbons (Fsp3) is 0.150. The van der Waals surface area contributed by atoms with Crippen LogP contribution in [0.4, 0.5) is 0 Å². The van der Waals surface area contributed by atoms with Gasteiger partial charge in [0.15, 0.2) is 0 Å². The van der Waals surface area contributed by atoms with Gasteiger partial charge in [-0.1, -0.05) is 59.9 Å². The minimum atomic E-state index is 0.159. The standard InChI is InChI=1S/C20H17NOS/c1-13-14(2)20(22)23-19-18(13)16-10-6-7-11-17(16)21(19)12-15-8-4-3-5-9-15/h3-11H,12H2,1-2H3. The van der Waals surface area contributed by atoms with E-state index < -0.39 is 0 Å². The van der Waals surface area contributed by atoms with E-state index in [2.05, 4.69) is 60.0 Å². The van der Waals surface area contributed by atoms with E-state index in [-0.39, 0.29) is 4.74 Å². The van der Waals surface area contributed by atoms with Crippen LogP contribution < -0.4 is 4.74 Å². The molecule has 0 saturated heterocycles. The molecule has 0 fully saturated rings. The highest BCUT2D eigenvalue weighted by molar-refractivity contribution is 7.16. The van der Waals surface area contributed by atoms with E-state index in [0.29, 0.717) is 0 Å². The average Bonchev–Trinajstić information content (AvgIpc) is 2.88. The van der Waals surface area contributed by atoms with E-state index in [1.54, 1.807) is 0 Å². The van der Waals surface area contributed by atoms with Crippen molar-refractivity contribution in [3.05, 3.63) is 80.8 Å². The quantitative estimate of drug-likeness (QED) is 0.516. The van der Waals surface area contributed by atoms with Crippen LogP contribution in [0.1, 0.15) is 16.7 Å². The summed E-state index contributed by atoms with van der Waals surface area (Å²) in [6.07, 6.45) is 0. The zero-order chi connectivity index (χ0) is 16.0. The molecule has 114 valence electrons. The van der Waals surface area contributed by atoms with Gasteiger partial charge in [-0.25, -0.2) is 0 Å². The predicted molar refractivity (Wildman–Crippen MR) is 98.6 cm³/mol. The molecule has 0 saturated carbocycles. The Hall–Kier alpha value is -2.39. The fourth-order valence-corrected chi connectivity index (χ4v) is 4.30. The van der Waals surface area contributed by atoms with E-state index in [1.807, 2.05) is 13.0 Å². The Balaban J connectivity index is 2.11. The van der Waals surface area contributed by atoms with Crippen molar-refractivity contribution in [3.8, 4) is 0 Å². The number of rotatable bonds is 2. The second kappa shape index (κ2) is 5.36. The molecule has 0 amide bonds. The first-order valence-electron chi connectivity index (χ1n) is 7.72. The van der Waals surface area contributed by atoms with Crippen LogP contribution >= 0.6 is 11.3 Å². The Morgan fingerprint density at radius 3 is 2.39 bits per heavy atom. The Labute approximate surface area is 138 Å². The monoisotopic (exact) mass is 319 g/mol. The smallest absolute Gasteiger partial charge is 0.237 e. The molecule has 0 atom stereocenters. The molecule has 2 aromatic carbocycles. The van der Waals surface area contributed by atoms with Crippen molar-refractivity contribution in [2.75, 3.05) is 0 Å². The highest BCUT2D eigenvalue weighted by Gasteiger charge is 2.16. The van der Waals surface area contributed by atoms with Crippen LogP contribution in [0.25, 0.3) is 21.1 Å². The van der Waals surface area contributed by atoms with Gasteiger partial charge in [0, 0.05) is 22.9 Å². The summed E-state index contributed by atoms with van der Waals surface area (Å²) in [6.45, 7) is 4.77. The lowest BCUT2D eigenvalue weighted by atomic mass is 10.1. The summed E-state index contributed by atoms with van der Waals surface area (Å²) in [5.41, 5.74) is 4.40. The maximum atomic E-state index is 12.3. The molecule has 23 heavy (non-hydrogen) atoms. The largest absolute Gasteiger partial charge is 0.328 e. The van der Waals surface area contributed by atoms with Gasteiger partial charge in [0.05, 0.1) is 5.52 Å². The third kappa shape index (κ3) is 2.20. The summed E-state index contributed by atoms with van der Waals surface area (Å²) in [5, 5.41) is 2.45. The molecule has 2 aromatic heterocycles. The zero-order valence-electron chi connectivity index (χ0n) is 13.2.